The third-order valence-corrected chi connectivity index (χ3v) is 7.39. The fourth-order valence-electron chi connectivity index (χ4n) is 4.16. The van der Waals surface area contributed by atoms with Crippen molar-refractivity contribution in [2.75, 3.05) is 7.05 Å². The van der Waals surface area contributed by atoms with Gasteiger partial charge in [0, 0.05) is 17.5 Å². The van der Waals surface area contributed by atoms with Gasteiger partial charge in [-0.15, -0.1) is 11.3 Å². The monoisotopic (exact) mass is 393 g/mol. The van der Waals surface area contributed by atoms with Crippen molar-refractivity contribution >= 4 is 23.2 Å². The largest absolute Gasteiger partial charge is 0.345 e. The molecule has 0 spiro atoms. The van der Waals surface area contributed by atoms with Crippen LogP contribution in [-0.2, 0) is 15.9 Å². The van der Waals surface area contributed by atoms with Gasteiger partial charge in [-0.05, 0) is 49.4 Å². The minimum atomic E-state index is -0.807. The molecule has 2 fully saturated rings. The molecular weight excluding hydrogens is 370 g/mol. The average molecular weight is 394 g/mol. The third-order valence-electron chi connectivity index (χ3n) is 6.16. The lowest BCUT2D eigenvalue weighted by Gasteiger charge is -2.45. The number of carbonyl (C=O) groups is 1. The van der Waals surface area contributed by atoms with E-state index in [1.807, 2.05) is 37.3 Å². The normalized spacial score (nSPS) is 26.4. The maximum Gasteiger partial charge on any atom is 0.239 e. The van der Waals surface area contributed by atoms with E-state index in [9.17, 15) is 10.1 Å². The number of guanidine groups is 1. The fourth-order valence-corrected chi connectivity index (χ4v) is 5.10. The Hall–Kier alpha value is -2.69. The second-order valence-corrected chi connectivity index (χ2v) is 9.00. The van der Waals surface area contributed by atoms with E-state index >= 15 is 0 Å². The number of rotatable bonds is 3. The SMILES string of the molecule is CN1C(=N)N[C@](C)(c2ccc(C#N)s2)[C@H](c2ccc(C3(N)CCC3)cc2)C1=O. The number of nitrogens with two attached hydrogens (primary N) is 1. The van der Waals surface area contributed by atoms with Crippen molar-refractivity contribution in [2.45, 2.75) is 43.2 Å². The molecule has 2 aromatic rings. The zero-order valence-corrected chi connectivity index (χ0v) is 16.8. The van der Waals surface area contributed by atoms with Gasteiger partial charge >= 0.3 is 0 Å². The molecule has 1 aromatic heterocycles. The van der Waals surface area contributed by atoms with E-state index in [4.69, 9.17) is 11.1 Å². The third kappa shape index (κ3) is 2.72. The molecule has 1 saturated heterocycles. The van der Waals surface area contributed by atoms with Gasteiger partial charge in [-0.25, -0.2) is 0 Å². The Labute approximate surface area is 168 Å². The molecule has 1 aliphatic carbocycles. The van der Waals surface area contributed by atoms with Gasteiger partial charge in [0.2, 0.25) is 5.91 Å². The number of carbonyl (C=O) groups excluding carboxylic acids is 1. The summed E-state index contributed by atoms with van der Waals surface area (Å²) in [5.41, 5.74) is 7.36. The molecule has 7 heteroatoms. The number of amides is 1. The molecule has 2 heterocycles. The molecular formula is C21H23N5OS. The van der Waals surface area contributed by atoms with Crippen molar-refractivity contribution in [3.8, 4) is 6.07 Å². The van der Waals surface area contributed by atoms with Crippen LogP contribution in [-0.4, -0.2) is 23.8 Å². The lowest BCUT2D eigenvalue weighted by atomic mass is 9.71. The molecule has 28 heavy (non-hydrogen) atoms. The Morgan fingerprint density at radius 1 is 1.29 bits per heavy atom. The predicted octanol–water partition coefficient (Wildman–Crippen LogP) is 2.95. The van der Waals surface area contributed by atoms with Crippen LogP contribution in [0.4, 0.5) is 0 Å². The van der Waals surface area contributed by atoms with Gasteiger partial charge in [0.1, 0.15) is 10.9 Å². The summed E-state index contributed by atoms with van der Waals surface area (Å²) in [7, 11) is 1.61. The summed E-state index contributed by atoms with van der Waals surface area (Å²) >= 11 is 1.35. The number of thiophene rings is 1. The van der Waals surface area contributed by atoms with E-state index in [2.05, 4.69) is 11.4 Å². The highest BCUT2D eigenvalue weighted by Gasteiger charge is 2.49. The molecule has 2 atom stereocenters. The lowest BCUT2D eigenvalue weighted by Crippen LogP contribution is -2.62. The average Bonchev–Trinajstić information content (AvgIpc) is 3.15. The number of benzene rings is 1. The second-order valence-electron chi connectivity index (χ2n) is 7.91. The molecule has 0 radical (unpaired) electrons. The van der Waals surface area contributed by atoms with Gasteiger partial charge in [0.25, 0.3) is 0 Å². The number of likely N-dealkylation sites (N-methyl/N-ethyl adjacent to an activating group) is 1. The Morgan fingerprint density at radius 3 is 2.50 bits per heavy atom. The van der Waals surface area contributed by atoms with Crippen LogP contribution in [0.2, 0.25) is 0 Å². The van der Waals surface area contributed by atoms with Crippen molar-refractivity contribution in [3.63, 3.8) is 0 Å². The summed E-state index contributed by atoms with van der Waals surface area (Å²) in [4.78, 5) is 16.0. The Balaban J connectivity index is 1.77. The van der Waals surface area contributed by atoms with Crippen LogP contribution in [0.15, 0.2) is 36.4 Å². The van der Waals surface area contributed by atoms with Crippen molar-refractivity contribution in [1.82, 2.24) is 10.2 Å². The zero-order chi connectivity index (χ0) is 20.1. The van der Waals surface area contributed by atoms with Crippen LogP contribution < -0.4 is 11.1 Å². The first kappa shape index (κ1) is 18.7. The van der Waals surface area contributed by atoms with Crippen LogP contribution in [0.1, 0.15) is 53.0 Å². The molecule has 2 aliphatic rings. The number of nitriles is 1. The van der Waals surface area contributed by atoms with E-state index in [0.717, 1.165) is 35.3 Å². The minimum absolute atomic E-state index is 0.0580. The van der Waals surface area contributed by atoms with Gasteiger partial charge in [-0.1, -0.05) is 24.3 Å². The highest BCUT2D eigenvalue weighted by atomic mass is 32.1. The van der Waals surface area contributed by atoms with Gasteiger partial charge in [0.15, 0.2) is 5.96 Å². The zero-order valence-electron chi connectivity index (χ0n) is 16.0. The molecule has 6 nitrogen and oxygen atoms in total. The molecule has 144 valence electrons. The van der Waals surface area contributed by atoms with Crippen LogP contribution in [0.5, 0.6) is 0 Å². The molecule has 1 saturated carbocycles. The van der Waals surface area contributed by atoms with Crippen molar-refractivity contribution in [2.24, 2.45) is 5.73 Å². The van der Waals surface area contributed by atoms with E-state index in [-0.39, 0.29) is 17.4 Å². The maximum absolute atomic E-state index is 13.2. The smallest absolute Gasteiger partial charge is 0.239 e. The predicted molar refractivity (Wildman–Crippen MR) is 109 cm³/mol. The van der Waals surface area contributed by atoms with Gasteiger partial charge < -0.3 is 11.1 Å². The van der Waals surface area contributed by atoms with Gasteiger partial charge in [-0.2, -0.15) is 5.26 Å². The van der Waals surface area contributed by atoms with E-state index in [1.54, 1.807) is 13.1 Å². The summed E-state index contributed by atoms with van der Waals surface area (Å²) in [5.74, 6) is -0.597. The quantitative estimate of drug-likeness (QED) is 0.745. The first-order chi connectivity index (χ1) is 13.3. The van der Waals surface area contributed by atoms with Gasteiger partial charge in [-0.3, -0.25) is 15.1 Å². The highest BCUT2D eigenvalue weighted by molar-refractivity contribution is 7.12. The van der Waals surface area contributed by atoms with Crippen LogP contribution in [0.3, 0.4) is 0 Å². The summed E-state index contributed by atoms with van der Waals surface area (Å²) in [5, 5.41) is 20.6. The fraction of sp³-hybridized carbons (Fsp3) is 0.381. The van der Waals surface area contributed by atoms with E-state index in [1.165, 1.54) is 16.2 Å². The maximum atomic E-state index is 13.2. The lowest BCUT2D eigenvalue weighted by molar-refractivity contribution is -0.131. The summed E-state index contributed by atoms with van der Waals surface area (Å²) in [6, 6.07) is 13.8. The van der Waals surface area contributed by atoms with E-state index < -0.39 is 11.5 Å². The van der Waals surface area contributed by atoms with Crippen molar-refractivity contribution in [3.05, 3.63) is 57.3 Å². The van der Waals surface area contributed by atoms with Crippen LogP contribution >= 0.6 is 11.3 Å². The van der Waals surface area contributed by atoms with E-state index in [0.29, 0.717) is 4.88 Å². The number of nitrogens with one attached hydrogen (secondary N) is 2. The number of hydrogen-bond acceptors (Lipinski definition) is 5. The van der Waals surface area contributed by atoms with Crippen LogP contribution in [0.25, 0.3) is 0 Å². The van der Waals surface area contributed by atoms with Crippen molar-refractivity contribution in [1.29, 1.82) is 10.7 Å². The second kappa shape index (κ2) is 6.43. The minimum Gasteiger partial charge on any atom is -0.345 e. The molecule has 1 aromatic carbocycles. The number of hydrogen-bond donors (Lipinski definition) is 3. The molecule has 1 aliphatic heterocycles. The number of nitrogens with zero attached hydrogens (tertiary/aromatic N) is 2. The summed E-state index contributed by atoms with van der Waals surface area (Å²) < 4.78 is 0. The molecule has 4 rings (SSSR count). The Kier molecular flexibility index (Phi) is 4.29. The topological polar surface area (TPSA) is 106 Å². The molecule has 0 bridgehead atoms. The van der Waals surface area contributed by atoms with Gasteiger partial charge in [0.05, 0.1) is 11.5 Å². The van der Waals surface area contributed by atoms with Crippen molar-refractivity contribution < 1.29 is 4.79 Å². The first-order valence-corrected chi connectivity index (χ1v) is 10.1. The van der Waals surface area contributed by atoms with Crippen LogP contribution in [0, 0.1) is 16.7 Å². The first-order valence-electron chi connectivity index (χ1n) is 9.32. The Bertz CT molecular complexity index is 985. The Morgan fingerprint density at radius 2 is 1.96 bits per heavy atom. The standard InChI is InChI=1S/C21H23N5OS/c1-20(16-9-8-15(12-22)28-16)17(18(27)26(2)19(23)25-20)13-4-6-14(7-5-13)21(24)10-3-11-21/h4-9,17H,3,10-11,24H2,1-2H3,(H2,23,25)/t17-,20-/m1/s1. The highest BCUT2D eigenvalue weighted by Crippen LogP contribution is 2.44. The summed E-state index contributed by atoms with van der Waals surface area (Å²) in [6.45, 7) is 1.92. The molecule has 0 unspecified atom stereocenters. The summed E-state index contributed by atoms with van der Waals surface area (Å²) in [6.07, 6.45) is 3.12. The molecule has 1 amide bonds. The molecule has 4 N–H and O–H groups in total.